The number of hydrogen-bond donors (Lipinski definition) is 1. The number of benzene rings is 2. The van der Waals surface area contributed by atoms with Crippen LogP contribution in [-0.4, -0.2) is 9.78 Å². The largest absolute Gasteiger partial charge is 0.416 e. The van der Waals surface area contributed by atoms with E-state index in [1.165, 1.54) is 16.8 Å². The molecular formula is C17H12ClF3N4O. The Hall–Kier alpha value is -2.87. The van der Waals surface area contributed by atoms with E-state index in [1.54, 1.807) is 31.2 Å². The van der Waals surface area contributed by atoms with Gasteiger partial charge in [0.15, 0.2) is 5.69 Å². The fraction of sp³-hybridized carbons (Fsp3) is 0.118. The first-order valence-corrected chi connectivity index (χ1v) is 7.80. The molecule has 9 heteroatoms. The number of H-pyrrole nitrogens is 1. The summed E-state index contributed by atoms with van der Waals surface area (Å²) in [6.07, 6.45) is -4.48. The van der Waals surface area contributed by atoms with Crippen molar-refractivity contribution in [3.8, 4) is 5.69 Å². The third-order valence-corrected chi connectivity index (χ3v) is 3.78. The van der Waals surface area contributed by atoms with Crippen LogP contribution in [0.5, 0.6) is 0 Å². The van der Waals surface area contributed by atoms with Gasteiger partial charge in [-0.25, -0.2) is 4.68 Å². The van der Waals surface area contributed by atoms with Crippen LogP contribution in [0.3, 0.4) is 0 Å². The Morgan fingerprint density at radius 2 is 1.81 bits per heavy atom. The fourth-order valence-corrected chi connectivity index (χ4v) is 2.49. The van der Waals surface area contributed by atoms with E-state index in [0.717, 1.165) is 12.1 Å². The SMILES string of the molecule is Cc1[nH]n(-c2cccc(Cl)c2)c(=O)c1N=Nc1cccc(C(F)(F)F)c1. The first-order valence-electron chi connectivity index (χ1n) is 7.42. The van der Waals surface area contributed by atoms with E-state index < -0.39 is 17.3 Å². The quantitative estimate of drug-likeness (QED) is 0.594. The van der Waals surface area contributed by atoms with Gasteiger partial charge in [0.25, 0.3) is 5.56 Å². The minimum absolute atomic E-state index is 0.00221. The van der Waals surface area contributed by atoms with Crippen LogP contribution in [0.1, 0.15) is 11.3 Å². The molecule has 0 spiro atoms. The molecule has 0 amide bonds. The molecule has 1 heterocycles. The second-order valence-electron chi connectivity index (χ2n) is 5.45. The smallest absolute Gasteiger partial charge is 0.293 e. The number of azo groups is 1. The van der Waals surface area contributed by atoms with Gasteiger partial charge in [0.1, 0.15) is 0 Å². The van der Waals surface area contributed by atoms with Crippen LogP contribution in [0.25, 0.3) is 5.69 Å². The molecule has 0 aliphatic rings. The van der Waals surface area contributed by atoms with Gasteiger partial charge >= 0.3 is 6.18 Å². The molecule has 2 aromatic carbocycles. The predicted octanol–water partition coefficient (Wildman–Crippen LogP) is 5.56. The molecule has 0 unspecified atom stereocenters. The summed E-state index contributed by atoms with van der Waals surface area (Å²) in [4.78, 5) is 12.5. The number of halogens is 4. The van der Waals surface area contributed by atoms with Gasteiger partial charge in [-0.1, -0.05) is 23.7 Å². The second kappa shape index (κ2) is 6.80. The average Bonchev–Trinajstić information content (AvgIpc) is 2.87. The molecule has 134 valence electrons. The van der Waals surface area contributed by atoms with Crippen LogP contribution in [-0.2, 0) is 6.18 Å². The summed E-state index contributed by atoms with van der Waals surface area (Å²) in [6.45, 7) is 1.61. The molecule has 0 bridgehead atoms. The lowest BCUT2D eigenvalue weighted by Crippen LogP contribution is -2.13. The van der Waals surface area contributed by atoms with Crippen molar-refractivity contribution in [3.63, 3.8) is 0 Å². The van der Waals surface area contributed by atoms with Gasteiger partial charge in [-0.3, -0.25) is 9.89 Å². The highest BCUT2D eigenvalue weighted by atomic mass is 35.5. The van der Waals surface area contributed by atoms with Gasteiger partial charge in [0.2, 0.25) is 0 Å². The third-order valence-electron chi connectivity index (χ3n) is 3.55. The Morgan fingerprint density at radius 1 is 1.08 bits per heavy atom. The summed E-state index contributed by atoms with van der Waals surface area (Å²) in [5.41, 5.74) is -0.398. The first kappa shape index (κ1) is 17.9. The molecule has 0 atom stereocenters. The van der Waals surface area contributed by atoms with E-state index in [2.05, 4.69) is 15.3 Å². The van der Waals surface area contributed by atoms with Crippen molar-refractivity contribution in [2.45, 2.75) is 13.1 Å². The molecule has 1 aromatic heterocycles. The maximum absolute atomic E-state index is 12.7. The van der Waals surface area contributed by atoms with Gasteiger partial charge in [0.05, 0.1) is 22.6 Å². The van der Waals surface area contributed by atoms with Gasteiger partial charge in [-0.05, 0) is 43.3 Å². The standard InChI is InChI=1S/C17H12ClF3N4O/c1-10-15(16(26)25(24-10)14-7-3-5-12(18)9-14)23-22-13-6-2-4-11(8-13)17(19,20)21/h2-9,24H,1H3. The molecule has 26 heavy (non-hydrogen) atoms. The van der Waals surface area contributed by atoms with Crippen molar-refractivity contribution in [1.82, 2.24) is 9.78 Å². The van der Waals surface area contributed by atoms with Crippen molar-refractivity contribution in [2.75, 3.05) is 0 Å². The maximum Gasteiger partial charge on any atom is 0.416 e. The molecule has 0 aliphatic carbocycles. The Labute approximate surface area is 150 Å². The highest BCUT2D eigenvalue weighted by molar-refractivity contribution is 6.30. The van der Waals surface area contributed by atoms with Crippen molar-refractivity contribution in [2.24, 2.45) is 10.2 Å². The summed E-state index contributed by atoms with van der Waals surface area (Å²) in [7, 11) is 0. The number of aromatic nitrogens is 2. The monoisotopic (exact) mass is 380 g/mol. The van der Waals surface area contributed by atoms with Gasteiger partial charge in [-0.2, -0.15) is 18.3 Å². The maximum atomic E-state index is 12.7. The Morgan fingerprint density at radius 3 is 2.50 bits per heavy atom. The molecule has 0 saturated carbocycles. The van der Waals surface area contributed by atoms with Gasteiger partial charge in [0, 0.05) is 5.02 Å². The molecule has 3 rings (SSSR count). The van der Waals surface area contributed by atoms with Crippen molar-refractivity contribution in [1.29, 1.82) is 0 Å². The summed E-state index contributed by atoms with van der Waals surface area (Å²) in [6, 6.07) is 11.0. The summed E-state index contributed by atoms with van der Waals surface area (Å²) in [5.74, 6) is 0. The number of alkyl halides is 3. The van der Waals surface area contributed by atoms with E-state index in [-0.39, 0.29) is 11.4 Å². The molecule has 0 radical (unpaired) electrons. The molecular weight excluding hydrogens is 369 g/mol. The van der Waals surface area contributed by atoms with Gasteiger partial charge < -0.3 is 0 Å². The molecule has 0 saturated heterocycles. The zero-order valence-corrected chi connectivity index (χ0v) is 14.1. The van der Waals surface area contributed by atoms with E-state index >= 15 is 0 Å². The van der Waals surface area contributed by atoms with E-state index in [0.29, 0.717) is 16.4 Å². The van der Waals surface area contributed by atoms with Crippen LogP contribution in [0.2, 0.25) is 5.02 Å². The normalized spacial score (nSPS) is 12.0. The summed E-state index contributed by atoms with van der Waals surface area (Å²) < 4.78 is 39.5. The minimum atomic E-state index is -4.48. The fourth-order valence-electron chi connectivity index (χ4n) is 2.30. The molecule has 0 fully saturated rings. The van der Waals surface area contributed by atoms with Crippen LogP contribution in [0, 0.1) is 6.92 Å². The summed E-state index contributed by atoms with van der Waals surface area (Å²) >= 11 is 5.92. The van der Waals surface area contributed by atoms with Gasteiger partial charge in [-0.15, -0.1) is 5.11 Å². The molecule has 3 aromatic rings. The second-order valence-corrected chi connectivity index (χ2v) is 5.89. The molecule has 1 N–H and O–H groups in total. The van der Waals surface area contributed by atoms with Crippen molar-refractivity contribution in [3.05, 3.63) is 75.2 Å². The molecule has 5 nitrogen and oxygen atoms in total. The highest BCUT2D eigenvalue weighted by Crippen LogP contribution is 2.31. The number of nitrogens with one attached hydrogen (secondary N) is 1. The minimum Gasteiger partial charge on any atom is -0.293 e. The lowest BCUT2D eigenvalue weighted by molar-refractivity contribution is -0.137. The van der Waals surface area contributed by atoms with Crippen LogP contribution >= 0.6 is 11.6 Å². The number of rotatable bonds is 3. The Kier molecular flexibility index (Phi) is 4.69. The van der Waals surface area contributed by atoms with Crippen LogP contribution < -0.4 is 5.56 Å². The lowest BCUT2D eigenvalue weighted by Gasteiger charge is -2.05. The van der Waals surface area contributed by atoms with Crippen molar-refractivity contribution >= 4 is 23.0 Å². The zero-order chi connectivity index (χ0) is 18.9. The highest BCUT2D eigenvalue weighted by Gasteiger charge is 2.30. The third kappa shape index (κ3) is 3.70. The summed E-state index contributed by atoms with van der Waals surface area (Å²) in [5, 5.41) is 10.9. The van der Waals surface area contributed by atoms with Crippen molar-refractivity contribution < 1.29 is 13.2 Å². The van der Waals surface area contributed by atoms with Crippen LogP contribution in [0.4, 0.5) is 24.5 Å². The predicted molar refractivity (Wildman–Crippen MR) is 91.8 cm³/mol. The number of hydrogen-bond acceptors (Lipinski definition) is 3. The Bertz CT molecular complexity index is 1040. The topological polar surface area (TPSA) is 62.5 Å². The van der Waals surface area contributed by atoms with E-state index in [4.69, 9.17) is 11.6 Å². The lowest BCUT2D eigenvalue weighted by atomic mass is 10.2. The van der Waals surface area contributed by atoms with Crippen LogP contribution in [0.15, 0.2) is 63.6 Å². The number of aromatic amines is 1. The Balaban J connectivity index is 1.97. The van der Waals surface area contributed by atoms with E-state index in [1.807, 2.05) is 0 Å². The first-order chi connectivity index (χ1) is 12.3. The average molecular weight is 381 g/mol. The number of aryl methyl sites for hydroxylation is 1. The van der Waals surface area contributed by atoms with E-state index in [9.17, 15) is 18.0 Å². The number of nitrogens with zero attached hydrogens (tertiary/aromatic N) is 3. The molecule has 0 aliphatic heterocycles. The zero-order valence-electron chi connectivity index (χ0n) is 13.4.